The molecular weight excluding hydrogens is 748 g/mol. The first-order valence-electron chi connectivity index (χ1n) is 15.6. The monoisotopic (exact) mass is 783 g/mol. The minimum absolute atomic E-state index is 0. The Bertz CT molecular complexity index is 2230. The average molecular weight is 784 g/mol. The molecule has 0 unspecified atom stereocenters. The second-order valence-electron chi connectivity index (χ2n) is 12.0. The third-order valence-electron chi connectivity index (χ3n) is 8.51. The number of benzene rings is 4. The Kier molecular flexibility index (Phi) is 8.72. The maximum absolute atomic E-state index is 6.42. The van der Waals surface area contributed by atoms with Crippen molar-refractivity contribution in [1.82, 2.24) is 19.3 Å². The van der Waals surface area contributed by atoms with E-state index in [-0.39, 0.29) is 21.1 Å². The molecule has 0 saturated carbocycles. The van der Waals surface area contributed by atoms with Gasteiger partial charge in [-0.25, -0.2) is 4.98 Å². The van der Waals surface area contributed by atoms with Crippen LogP contribution in [0.1, 0.15) is 47.0 Å². The van der Waals surface area contributed by atoms with Crippen molar-refractivity contribution in [3.8, 4) is 34.1 Å². The zero-order valence-electron chi connectivity index (χ0n) is 27.0. The van der Waals surface area contributed by atoms with Gasteiger partial charge in [-0.3, -0.25) is 4.68 Å². The average Bonchev–Trinajstić information content (AvgIpc) is 3.50. The fraction of sp³-hybridized carbons (Fsp3) is 0.200. The fourth-order valence-corrected chi connectivity index (χ4v) is 6.67. The van der Waals surface area contributed by atoms with Crippen LogP contribution in [0, 0.1) is 46.8 Å². The van der Waals surface area contributed by atoms with Gasteiger partial charge >= 0.3 is 21.1 Å². The SMILES string of the molecule is CCCc1cc(C)cc(C)c1-c1c(C)nn(-c2[c-]c(Oc3[c-]c4c(cc3)c3ccccc3n4-c3cc(C)ccn3)ccc2)c1C.[Pt+2]. The van der Waals surface area contributed by atoms with Crippen molar-refractivity contribution in [1.29, 1.82) is 0 Å². The third kappa shape index (κ3) is 5.58. The Morgan fingerprint density at radius 3 is 2.37 bits per heavy atom. The van der Waals surface area contributed by atoms with Crippen molar-refractivity contribution in [2.24, 2.45) is 0 Å². The number of fused-ring (bicyclic) bond motifs is 3. The molecule has 7 aromatic rings. The summed E-state index contributed by atoms with van der Waals surface area (Å²) in [6.45, 7) is 12.9. The summed E-state index contributed by atoms with van der Waals surface area (Å²) in [5, 5.41) is 7.25. The Morgan fingerprint density at radius 2 is 1.57 bits per heavy atom. The first-order chi connectivity index (χ1) is 21.8. The molecule has 0 radical (unpaired) electrons. The summed E-state index contributed by atoms with van der Waals surface area (Å²) in [4.78, 5) is 4.69. The van der Waals surface area contributed by atoms with E-state index in [1.165, 1.54) is 27.8 Å². The maximum Gasteiger partial charge on any atom is 2.00 e. The van der Waals surface area contributed by atoms with Gasteiger partial charge in [0.15, 0.2) is 0 Å². The molecule has 0 aliphatic carbocycles. The van der Waals surface area contributed by atoms with Gasteiger partial charge in [0.25, 0.3) is 0 Å². The molecule has 46 heavy (non-hydrogen) atoms. The van der Waals surface area contributed by atoms with Crippen LogP contribution in [0.5, 0.6) is 11.5 Å². The van der Waals surface area contributed by atoms with Crippen LogP contribution in [-0.2, 0) is 27.5 Å². The Labute approximate surface area is 285 Å². The van der Waals surface area contributed by atoms with Crippen LogP contribution in [0.15, 0.2) is 85.1 Å². The minimum atomic E-state index is 0. The molecule has 0 bridgehead atoms. The fourth-order valence-electron chi connectivity index (χ4n) is 6.67. The van der Waals surface area contributed by atoms with Gasteiger partial charge in [0.2, 0.25) is 0 Å². The molecule has 0 N–H and O–H groups in total. The van der Waals surface area contributed by atoms with Crippen molar-refractivity contribution in [3.63, 3.8) is 0 Å². The zero-order valence-corrected chi connectivity index (χ0v) is 29.3. The van der Waals surface area contributed by atoms with Gasteiger partial charge in [0.05, 0.1) is 5.69 Å². The quantitative estimate of drug-likeness (QED) is 0.151. The van der Waals surface area contributed by atoms with Gasteiger partial charge in [-0.1, -0.05) is 54.8 Å². The maximum atomic E-state index is 6.42. The van der Waals surface area contributed by atoms with Gasteiger partial charge in [-0.15, -0.1) is 35.7 Å². The molecule has 0 fully saturated rings. The first kappa shape index (κ1) is 31.5. The summed E-state index contributed by atoms with van der Waals surface area (Å²) in [5.41, 5.74) is 12.6. The Morgan fingerprint density at radius 1 is 0.761 bits per heavy atom. The molecular formula is C40H36N4OPt. The molecule has 0 spiro atoms. The standard InChI is InChI=1S/C40H36N4O.Pt/c1-7-11-30-21-26(3)20-27(4)39(30)40-28(5)42-44(29(40)6)31-12-10-13-32(23-31)45-33-16-17-35-34-14-8-9-15-36(34)43(37(35)24-33)38-22-25(2)18-19-41-38;/h8-10,12-22H,7,11H2,1-6H3;/q-2;+2. The molecule has 0 amide bonds. The topological polar surface area (TPSA) is 44.9 Å². The van der Waals surface area contributed by atoms with Crippen LogP contribution >= 0.6 is 0 Å². The van der Waals surface area contributed by atoms with Crippen LogP contribution in [0.4, 0.5) is 0 Å². The van der Waals surface area contributed by atoms with Gasteiger partial charge in [0, 0.05) is 34.5 Å². The molecule has 0 atom stereocenters. The number of para-hydroxylation sites is 1. The Hall–Kier alpha value is -4.47. The summed E-state index contributed by atoms with van der Waals surface area (Å²) in [6, 6.07) is 34.1. The van der Waals surface area contributed by atoms with E-state index >= 15 is 0 Å². The number of rotatable bonds is 7. The van der Waals surface area contributed by atoms with Crippen molar-refractivity contribution < 1.29 is 25.8 Å². The molecule has 6 heteroatoms. The first-order valence-corrected chi connectivity index (χ1v) is 15.6. The number of aryl methyl sites for hydroxylation is 5. The summed E-state index contributed by atoms with van der Waals surface area (Å²) in [6.07, 6.45) is 3.98. The normalized spacial score (nSPS) is 11.3. The predicted octanol–water partition coefficient (Wildman–Crippen LogP) is 9.92. The minimum Gasteiger partial charge on any atom is -0.509 e. The molecule has 5 nitrogen and oxygen atoms in total. The Balaban J connectivity index is 0.00000372. The summed E-state index contributed by atoms with van der Waals surface area (Å²) in [7, 11) is 0. The van der Waals surface area contributed by atoms with Gasteiger partial charge in [0.1, 0.15) is 5.82 Å². The smallest absolute Gasteiger partial charge is 0.509 e. The van der Waals surface area contributed by atoms with Crippen LogP contribution in [0.3, 0.4) is 0 Å². The van der Waals surface area contributed by atoms with Crippen LogP contribution < -0.4 is 4.74 Å². The molecule has 4 aromatic carbocycles. The number of aromatic nitrogens is 4. The van der Waals surface area contributed by atoms with Crippen molar-refractivity contribution in [2.75, 3.05) is 0 Å². The predicted molar refractivity (Wildman–Crippen MR) is 183 cm³/mol. The summed E-state index contributed by atoms with van der Waals surface area (Å²) in [5.74, 6) is 2.07. The zero-order chi connectivity index (χ0) is 31.2. The van der Waals surface area contributed by atoms with E-state index in [0.717, 1.165) is 63.1 Å². The molecule has 0 saturated heterocycles. The third-order valence-corrected chi connectivity index (χ3v) is 8.51. The number of ether oxygens (including phenoxy) is 1. The van der Waals surface area contributed by atoms with Crippen molar-refractivity contribution >= 4 is 21.8 Å². The van der Waals surface area contributed by atoms with Crippen LogP contribution in [0.2, 0.25) is 0 Å². The number of hydrogen-bond acceptors (Lipinski definition) is 3. The molecule has 0 aliphatic rings. The molecule has 7 rings (SSSR count). The van der Waals surface area contributed by atoms with E-state index in [1.807, 2.05) is 41.2 Å². The van der Waals surface area contributed by atoms with E-state index in [4.69, 9.17) is 14.8 Å². The van der Waals surface area contributed by atoms with E-state index in [1.54, 1.807) is 0 Å². The summed E-state index contributed by atoms with van der Waals surface area (Å²) < 4.78 is 10.6. The molecule has 0 aliphatic heterocycles. The van der Waals surface area contributed by atoms with Crippen molar-refractivity contribution in [3.05, 3.63) is 131 Å². The molecule has 3 aromatic heterocycles. The second-order valence-corrected chi connectivity index (χ2v) is 12.0. The van der Waals surface area contributed by atoms with Gasteiger partial charge < -0.3 is 9.30 Å². The number of hydrogen-bond donors (Lipinski definition) is 0. The second kappa shape index (κ2) is 12.7. The van der Waals surface area contributed by atoms with E-state index < -0.39 is 0 Å². The van der Waals surface area contributed by atoms with E-state index in [9.17, 15) is 0 Å². The van der Waals surface area contributed by atoms with Crippen LogP contribution in [0.25, 0.3) is 44.4 Å². The molecule has 3 heterocycles. The van der Waals surface area contributed by atoms with Gasteiger partial charge in [-0.2, -0.15) is 17.2 Å². The van der Waals surface area contributed by atoms with Crippen molar-refractivity contribution in [2.45, 2.75) is 54.4 Å². The van der Waals surface area contributed by atoms with Gasteiger partial charge in [-0.05, 0) is 92.6 Å². The van der Waals surface area contributed by atoms with E-state index in [0.29, 0.717) is 11.5 Å². The van der Waals surface area contributed by atoms with E-state index in [2.05, 4.69) is 107 Å². The number of pyridine rings is 1. The molecule has 232 valence electrons. The number of nitrogens with zero attached hydrogens (tertiary/aromatic N) is 4. The summed E-state index contributed by atoms with van der Waals surface area (Å²) >= 11 is 0. The van der Waals surface area contributed by atoms with Crippen LogP contribution in [-0.4, -0.2) is 19.3 Å². The largest absolute Gasteiger partial charge is 2.00 e.